The molecule has 1 N–H and O–H groups in total. The van der Waals surface area contributed by atoms with Crippen molar-refractivity contribution in [3.8, 4) is 0 Å². The van der Waals surface area contributed by atoms with E-state index in [0.29, 0.717) is 0 Å². The summed E-state index contributed by atoms with van der Waals surface area (Å²) in [4.78, 5) is 2.12. The lowest BCUT2D eigenvalue weighted by Gasteiger charge is -2.14. The number of rotatable bonds is 1. The van der Waals surface area contributed by atoms with Crippen LogP contribution in [0.2, 0.25) is 0 Å². The number of hydrogen-bond donors (Lipinski definition) is 1. The molecule has 0 radical (unpaired) electrons. The van der Waals surface area contributed by atoms with Gasteiger partial charge in [0.15, 0.2) is 0 Å². The van der Waals surface area contributed by atoms with Crippen LogP contribution >= 0.6 is 0 Å². The van der Waals surface area contributed by atoms with Gasteiger partial charge < -0.3 is 4.90 Å². The molecule has 0 aromatic heterocycles. The molecule has 0 aromatic carbocycles. The zero-order valence-electron chi connectivity index (χ0n) is 8.98. The largest absolute Gasteiger partial charge is 0.522 e. The van der Waals surface area contributed by atoms with E-state index in [2.05, 4.69) is 29.8 Å². The van der Waals surface area contributed by atoms with E-state index in [-0.39, 0.29) is 0 Å². The van der Waals surface area contributed by atoms with Crippen LogP contribution in [0.25, 0.3) is 0 Å². The lowest BCUT2D eigenvalue weighted by atomic mass is 10.2. The second-order valence-corrected chi connectivity index (χ2v) is 4.50. The fourth-order valence-corrected chi connectivity index (χ4v) is 0.743. The van der Waals surface area contributed by atoms with Crippen LogP contribution in [0.15, 0.2) is 36.6 Å². The van der Waals surface area contributed by atoms with Gasteiger partial charge in [0.1, 0.15) is 0 Å². The third-order valence-electron chi connectivity index (χ3n) is 1.66. The zero-order valence-corrected chi connectivity index (χ0v) is 9.79. The van der Waals surface area contributed by atoms with Gasteiger partial charge in [-0.3, -0.25) is 4.55 Å². The summed E-state index contributed by atoms with van der Waals surface area (Å²) in [7, 11) is -3.79. The highest BCUT2D eigenvalue weighted by Crippen LogP contribution is 2.20. The molecule has 17 heavy (non-hydrogen) atoms. The highest BCUT2D eigenvalue weighted by atomic mass is 32.2. The maximum Gasteiger partial charge on any atom is 0.522 e. The van der Waals surface area contributed by atoms with Crippen LogP contribution < -0.4 is 0 Å². The zero-order chi connectivity index (χ0) is 13.7. The number of likely N-dealkylation sites (N-methyl/N-ethyl adjacent to an activating group) is 1. The van der Waals surface area contributed by atoms with Crippen molar-refractivity contribution in [3.05, 3.63) is 36.6 Å². The first kappa shape index (κ1) is 15.7. The Labute approximate surface area is 97.5 Å². The highest BCUT2D eigenvalue weighted by molar-refractivity contribution is 7.86. The summed E-state index contributed by atoms with van der Waals surface area (Å²) in [5, 5.41) is 0. The molecule has 0 saturated heterocycles. The van der Waals surface area contributed by atoms with Crippen molar-refractivity contribution >= 4 is 10.1 Å². The maximum atomic E-state index is 10.7. The maximum absolute atomic E-state index is 10.7. The van der Waals surface area contributed by atoms with Crippen molar-refractivity contribution in [2.75, 3.05) is 13.6 Å². The molecule has 0 amide bonds. The van der Waals surface area contributed by atoms with Gasteiger partial charge in [0.05, 0.1) is 0 Å². The number of halogens is 3. The Balaban J connectivity index is 0.000000304. The molecule has 0 aromatic rings. The van der Waals surface area contributed by atoms with Gasteiger partial charge in [-0.15, -0.1) is 0 Å². The van der Waals surface area contributed by atoms with Gasteiger partial charge >= 0.3 is 15.6 Å². The molecule has 1 heterocycles. The van der Waals surface area contributed by atoms with E-state index in [1.807, 2.05) is 13.1 Å². The van der Waals surface area contributed by atoms with Gasteiger partial charge in [-0.1, -0.05) is 18.7 Å². The standard InChI is InChI=1S/C8H11N.CHF3O3S/c1-3-8-4-6-9(2)7-5-8;2-1(3,4)8(5,6)7/h3-6H,1,7H2,2H3;(H,5,6,7). The highest BCUT2D eigenvalue weighted by Gasteiger charge is 2.44. The third-order valence-corrected chi connectivity index (χ3v) is 2.25. The number of allylic oxidation sites excluding steroid dienone is 3. The fourth-order valence-electron chi connectivity index (χ4n) is 0.743. The fraction of sp³-hybridized carbons (Fsp3) is 0.333. The van der Waals surface area contributed by atoms with E-state index in [9.17, 15) is 13.2 Å². The van der Waals surface area contributed by atoms with Gasteiger partial charge in [-0.25, -0.2) is 0 Å². The Morgan fingerprint density at radius 3 is 2.24 bits per heavy atom. The lowest BCUT2D eigenvalue weighted by molar-refractivity contribution is -0.0510. The molecule has 0 saturated carbocycles. The van der Waals surface area contributed by atoms with Gasteiger partial charge in [0, 0.05) is 13.6 Å². The average molecular weight is 271 g/mol. The van der Waals surface area contributed by atoms with Crippen molar-refractivity contribution < 1.29 is 26.1 Å². The van der Waals surface area contributed by atoms with Crippen molar-refractivity contribution in [3.63, 3.8) is 0 Å². The van der Waals surface area contributed by atoms with Gasteiger partial charge in [-0.05, 0) is 17.8 Å². The average Bonchev–Trinajstić information content (AvgIpc) is 2.17. The van der Waals surface area contributed by atoms with Crippen molar-refractivity contribution in [2.24, 2.45) is 0 Å². The SMILES string of the molecule is C=CC1=CCN(C)C=C1.O=S(=O)(O)C(F)(F)F. The van der Waals surface area contributed by atoms with Crippen molar-refractivity contribution in [1.82, 2.24) is 4.90 Å². The van der Waals surface area contributed by atoms with Crippen LogP contribution in [0.1, 0.15) is 0 Å². The Hall–Kier alpha value is -1.28. The minimum atomic E-state index is -5.84. The summed E-state index contributed by atoms with van der Waals surface area (Å²) < 4.78 is 57.5. The molecule has 0 aliphatic carbocycles. The molecule has 0 bridgehead atoms. The summed E-state index contributed by atoms with van der Waals surface area (Å²) in [6, 6.07) is 0. The van der Waals surface area contributed by atoms with Crippen molar-refractivity contribution in [1.29, 1.82) is 0 Å². The van der Waals surface area contributed by atoms with E-state index in [4.69, 9.17) is 13.0 Å². The molecule has 98 valence electrons. The Morgan fingerprint density at radius 2 is 2.00 bits per heavy atom. The molecule has 1 aliphatic rings. The Kier molecular flexibility index (Phi) is 5.43. The molecule has 4 nitrogen and oxygen atoms in total. The van der Waals surface area contributed by atoms with Gasteiger partial charge in [0.2, 0.25) is 0 Å². The first-order chi connectivity index (χ1) is 7.58. The Bertz CT molecular complexity index is 423. The van der Waals surface area contributed by atoms with Crippen LogP contribution in [0.4, 0.5) is 13.2 Å². The van der Waals surface area contributed by atoms with Crippen LogP contribution in [-0.2, 0) is 10.1 Å². The van der Waals surface area contributed by atoms with Crippen LogP contribution in [-0.4, -0.2) is 37.0 Å². The van der Waals surface area contributed by atoms with Crippen LogP contribution in [0, 0.1) is 0 Å². The summed E-state index contributed by atoms with van der Waals surface area (Å²) >= 11 is 0. The lowest BCUT2D eigenvalue weighted by Crippen LogP contribution is -2.21. The molecule has 0 atom stereocenters. The molecule has 0 spiro atoms. The summed E-state index contributed by atoms with van der Waals surface area (Å²) in [6.45, 7) is 4.67. The quantitative estimate of drug-likeness (QED) is 0.585. The summed E-state index contributed by atoms with van der Waals surface area (Å²) in [6.07, 6.45) is 8.12. The van der Waals surface area contributed by atoms with E-state index in [1.165, 1.54) is 5.57 Å². The molecular weight excluding hydrogens is 259 g/mol. The smallest absolute Gasteiger partial charge is 0.377 e. The minimum Gasteiger partial charge on any atom is -0.377 e. The Morgan fingerprint density at radius 1 is 1.53 bits per heavy atom. The van der Waals surface area contributed by atoms with Crippen LogP contribution in [0.3, 0.4) is 0 Å². The number of alkyl halides is 3. The summed E-state index contributed by atoms with van der Waals surface area (Å²) in [5.41, 5.74) is -4.32. The molecule has 0 fully saturated rings. The van der Waals surface area contributed by atoms with E-state index in [1.54, 1.807) is 0 Å². The van der Waals surface area contributed by atoms with Crippen molar-refractivity contribution in [2.45, 2.75) is 5.51 Å². The molecular formula is C9H12F3NO3S. The number of nitrogens with zero attached hydrogens (tertiary/aromatic N) is 1. The summed E-state index contributed by atoms with van der Waals surface area (Å²) in [5.74, 6) is 0. The molecule has 1 aliphatic heterocycles. The first-order valence-corrected chi connectivity index (χ1v) is 5.76. The van der Waals surface area contributed by atoms with E-state index < -0.39 is 15.6 Å². The second-order valence-electron chi connectivity index (χ2n) is 3.08. The minimum absolute atomic E-state index is 0.998. The second kappa shape index (κ2) is 5.87. The predicted molar refractivity (Wildman–Crippen MR) is 57.7 cm³/mol. The topological polar surface area (TPSA) is 57.6 Å². The molecule has 8 heteroatoms. The van der Waals surface area contributed by atoms with E-state index >= 15 is 0 Å². The molecule has 1 rings (SSSR count). The number of hydrogen-bond acceptors (Lipinski definition) is 3. The molecule has 0 unspecified atom stereocenters. The van der Waals surface area contributed by atoms with Crippen LogP contribution in [0.5, 0.6) is 0 Å². The van der Waals surface area contributed by atoms with Gasteiger partial charge in [0.25, 0.3) is 0 Å². The van der Waals surface area contributed by atoms with E-state index in [0.717, 1.165) is 6.54 Å². The monoisotopic (exact) mass is 271 g/mol. The van der Waals surface area contributed by atoms with Gasteiger partial charge in [-0.2, -0.15) is 21.6 Å². The predicted octanol–water partition coefficient (Wildman–Crippen LogP) is 1.95. The first-order valence-electron chi connectivity index (χ1n) is 4.32. The normalized spacial score (nSPS) is 15.8. The third kappa shape index (κ3) is 6.12.